The second-order valence-corrected chi connectivity index (χ2v) is 10.1. The molecule has 0 aliphatic carbocycles. The number of quaternary nitrogens is 1. The maximum absolute atomic E-state index is 12.2. The summed E-state index contributed by atoms with van der Waals surface area (Å²) in [6.07, 6.45) is 31.0. The monoisotopic (exact) mass is 441 g/mol. The van der Waals surface area contributed by atoms with Crippen molar-refractivity contribution in [1.29, 1.82) is 0 Å². The van der Waals surface area contributed by atoms with E-state index in [1.807, 2.05) is 0 Å². The fourth-order valence-electron chi connectivity index (χ4n) is 4.51. The van der Waals surface area contributed by atoms with Gasteiger partial charge in [0.1, 0.15) is 13.1 Å². The number of unbranched alkanes of at least 4 members (excludes halogenated alkanes) is 22. The third-order valence-corrected chi connectivity index (χ3v) is 6.72. The number of nitrogens with zero attached hydrogens (tertiary/aromatic N) is 1. The minimum absolute atomic E-state index is 0.384. The van der Waals surface area contributed by atoms with E-state index in [0.29, 0.717) is 13.1 Å². The molecule has 0 radical (unpaired) electrons. The molecular weight excluding hydrogens is 382 g/mol. The number of hydrogen-bond donors (Lipinski definition) is 1. The molecule has 0 saturated carbocycles. The molecule has 0 fully saturated rings. The van der Waals surface area contributed by atoms with Crippen molar-refractivity contribution in [2.24, 2.45) is 0 Å². The Morgan fingerprint density at radius 3 is 0.806 bits per heavy atom. The lowest BCUT2D eigenvalue weighted by Crippen LogP contribution is -2.40. The Morgan fingerprint density at radius 2 is 0.581 bits per heavy atom. The molecule has 188 valence electrons. The van der Waals surface area contributed by atoms with Gasteiger partial charge in [0.05, 0.1) is 0 Å². The number of hydrogen-bond acceptors (Lipinski definition) is 2. The van der Waals surface area contributed by atoms with Crippen LogP contribution in [0.3, 0.4) is 0 Å². The maximum Gasteiger partial charge on any atom is 0.108 e. The summed E-state index contributed by atoms with van der Waals surface area (Å²) in [5.74, 6) is 0. The summed E-state index contributed by atoms with van der Waals surface area (Å²) < 4.78 is 0. The number of hydroxylamine groups is 4. The van der Waals surface area contributed by atoms with E-state index in [2.05, 4.69) is 13.8 Å². The molecule has 0 aromatic heterocycles. The largest absolute Gasteiger partial charge is 0.598 e. The molecule has 0 unspecified atom stereocenters. The average molecular weight is 442 g/mol. The van der Waals surface area contributed by atoms with Gasteiger partial charge in [-0.1, -0.05) is 142 Å². The first-order valence-corrected chi connectivity index (χ1v) is 14.4. The van der Waals surface area contributed by atoms with Gasteiger partial charge in [-0.2, -0.15) is 0 Å². The van der Waals surface area contributed by atoms with Crippen molar-refractivity contribution in [3.63, 3.8) is 0 Å². The summed E-state index contributed by atoms with van der Waals surface area (Å²) >= 11 is 0. The zero-order valence-corrected chi connectivity index (χ0v) is 21.7. The Labute approximate surface area is 196 Å². The second kappa shape index (κ2) is 24.5. The van der Waals surface area contributed by atoms with Gasteiger partial charge in [0.25, 0.3) is 0 Å². The zero-order valence-electron chi connectivity index (χ0n) is 21.7. The maximum atomic E-state index is 12.2. The van der Waals surface area contributed by atoms with Crippen molar-refractivity contribution >= 4 is 0 Å². The molecule has 0 saturated heterocycles. The van der Waals surface area contributed by atoms with Crippen LogP contribution < -0.4 is 0 Å². The predicted molar refractivity (Wildman–Crippen MR) is 137 cm³/mol. The quantitative estimate of drug-likeness (QED) is 0.0824. The third-order valence-electron chi connectivity index (χ3n) is 6.72. The number of rotatable bonds is 26. The molecule has 1 N–H and O–H groups in total. The molecular formula is C28H59NO2. The fourth-order valence-corrected chi connectivity index (χ4v) is 4.51. The van der Waals surface area contributed by atoms with Crippen LogP contribution in [0.2, 0.25) is 0 Å². The minimum atomic E-state index is -1.00. The van der Waals surface area contributed by atoms with E-state index in [9.17, 15) is 10.4 Å². The average Bonchev–Trinajstić information content (AvgIpc) is 2.75. The molecule has 31 heavy (non-hydrogen) atoms. The smallest absolute Gasteiger partial charge is 0.108 e. The first kappa shape index (κ1) is 30.9. The Kier molecular flexibility index (Phi) is 24.4. The van der Waals surface area contributed by atoms with E-state index in [-0.39, 0.29) is 0 Å². The van der Waals surface area contributed by atoms with Crippen molar-refractivity contribution in [3.8, 4) is 0 Å². The van der Waals surface area contributed by atoms with Gasteiger partial charge in [0, 0.05) is 0 Å². The molecule has 0 aromatic rings. The molecule has 3 heteroatoms. The minimum Gasteiger partial charge on any atom is -0.598 e. The highest BCUT2D eigenvalue weighted by Gasteiger charge is 2.12. The first-order valence-electron chi connectivity index (χ1n) is 14.4. The second-order valence-electron chi connectivity index (χ2n) is 10.1. The van der Waals surface area contributed by atoms with Crippen LogP contribution in [-0.4, -0.2) is 23.1 Å². The van der Waals surface area contributed by atoms with E-state index in [4.69, 9.17) is 0 Å². The Balaban J connectivity index is 3.29. The van der Waals surface area contributed by atoms with Crippen LogP contribution in [0, 0.1) is 5.21 Å². The van der Waals surface area contributed by atoms with Crippen LogP contribution >= 0.6 is 0 Å². The molecule has 0 rings (SSSR count). The zero-order chi connectivity index (χ0) is 22.9. The molecule has 0 heterocycles. The van der Waals surface area contributed by atoms with Gasteiger partial charge in [0.15, 0.2) is 0 Å². The highest BCUT2D eigenvalue weighted by molar-refractivity contribution is 4.51. The SMILES string of the molecule is CCCCCCCCCCCCCC[N+]([O-])(O)CCCCCCCCCCCCCC. The highest BCUT2D eigenvalue weighted by atomic mass is 16.8. The molecule has 0 aromatic carbocycles. The van der Waals surface area contributed by atoms with Crippen molar-refractivity contribution in [2.75, 3.05) is 13.1 Å². The van der Waals surface area contributed by atoms with Gasteiger partial charge in [-0.05, 0) is 25.7 Å². The molecule has 0 bridgehead atoms. The van der Waals surface area contributed by atoms with Gasteiger partial charge in [-0.3, -0.25) is 0 Å². The lowest BCUT2D eigenvalue weighted by atomic mass is 10.0. The van der Waals surface area contributed by atoms with Crippen LogP contribution in [0.4, 0.5) is 0 Å². The molecule has 3 nitrogen and oxygen atoms in total. The van der Waals surface area contributed by atoms with Gasteiger partial charge >= 0.3 is 0 Å². The van der Waals surface area contributed by atoms with E-state index in [0.717, 1.165) is 25.7 Å². The van der Waals surface area contributed by atoms with E-state index < -0.39 is 4.81 Å². The normalized spacial score (nSPS) is 12.0. The lowest BCUT2D eigenvalue weighted by Gasteiger charge is -2.33. The predicted octanol–water partition coefficient (Wildman–Crippen LogP) is 10.1. The van der Waals surface area contributed by atoms with Gasteiger partial charge in [-0.15, -0.1) is 0 Å². The lowest BCUT2D eigenvalue weighted by molar-refractivity contribution is -1.06. The summed E-state index contributed by atoms with van der Waals surface area (Å²) in [5, 5.41) is 22.2. The van der Waals surface area contributed by atoms with Crippen LogP contribution in [0.5, 0.6) is 0 Å². The summed E-state index contributed by atoms with van der Waals surface area (Å²) in [5.41, 5.74) is 0. The first-order chi connectivity index (χ1) is 15.1. The Morgan fingerprint density at radius 1 is 0.387 bits per heavy atom. The van der Waals surface area contributed by atoms with Gasteiger partial charge in [-0.25, -0.2) is 10.0 Å². The third kappa shape index (κ3) is 26.0. The molecule has 0 amide bonds. The Bertz CT molecular complexity index is 303. The van der Waals surface area contributed by atoms with E-state index in [1.54, 1.807) is 0 Å². The molecule has 0 aliphatic rings. The summed E-state index contributed by atoms with van der Waals surface area (Å²) in [7, 11) is 0. The van der Waals surface area contributed by atoms with Crippen molar-refractivity contribution in [2.45, 2.75) is 168 Å². The van der Waals surface area contributed by atoms with E-state index >= 15 is 0 Å². The van der Waals surface area contributed by atoms with Gasteiger partial charge in [0.2, 0.25) is 0 Å². The summed E-state index contributed by atoms with van der Waals surface area (Å²) in [4.78, 5) is -1.00. The van der Waals surface area contributed by atoms with Gasteiger partial charge < -0.3 is 5.21 Å². The van der Waals surface area contributed by atoms with Crippen LogP contribution in [0.15, 0.2) is 0 Å². The van der Waals surface area contributed by atoms with Crippen molar-refractivity contribution in [3.05, 3.63) is 5.21 Å². The van der Waals surface area contributed by atoms with E-state index in [1.165, 1.54) is 128 Å². The van der Waals surface area contributed by atoms with Crippen LogP contribution in [0.1, 0.15) is 168 Å². The van der Waals surface area contributed by atoms with Crippen molar-refractivity contribution in [1.82, 2.24) is 0 Å². The topological polar surface area (TPSA) is 43.3 Å². The highest BCUT2D eigenvalue weighted by Crippen LogP contribution is 2.15. The standard InChI is InChI=1S/C28H59NO2/c1-3-5-7-9-11-13-15-17-19-21-23-25-27-29(30,31)28-26-24-22-20-18-16-14-12-10-8-6-4-2/h30H,3-28H2,1-2H3. The summed E-state index contributed by atoms with van der Waals surface area (Å²) in [6, 6.07) is 0. The molecule has 0 atom stereocenters. The molecule has 0 spiro atoms. The van der Waals surface area contributed by atoms with Crippen LogP contribution in [-0.2, 0) is 0 Å². The molecule has 0 aliphatic heterocycles. The summed E-state index contributed by atoms with van der Waals surface area (Å²) in [6.45, 7) is 5.31. The van der Waals surface area contributed by atoms with Crippen LogP contribution in [0.25, 0.3) is 0 Å². The Hall–Kier alpha value is -0.120. The van der Waals surface area contributed by atoms with Crippen molar-refractivity contribution < 1.29 is 10.0 Å². The fraction of sp³-hybridized carbons (Fsp3) is 1.00.